The minimum atomic E-state index is -3.22. The van der Waals surface area contributed by atoms with E-state index in [1.54, 1.807) is 6.26 Å². The molecule has 0 saturated carbocycles. The predicted molar refractivity (Wildman–Crippen MR) is 85.1 cm³/mol. The lowest BCUT2D eigenvalue weighted by Gasteiger charge is -2.30. The number of nitrogens with one attached hydrogen (secondary N) is 1. The Morgan fingerprint density at radius 2 is 2.35 bits per heavy atom. The topological polar surface area (TPSA) is 88.9 Å². The highest BCUT2D eigenvalue weighted by molar-refractivity contribution is 7.88. The van der Waals surface area contributed by atoms with Crippen LogP contribution in [0.5, 0.6) is 0 Å². The van der Waals surface area contributed by atoms with Gasteiger partial charge in [-0.1, -0.05) is 0 Å². The number of furan rings is 1. The molecule has 1 aromatic heterocycles. The Labute approximate surface area is 137 Å². The van der Waals surface area contributed by atoms with Crippen LogP contribution in [0.4, 0.5) is 0 Å². The first-order chi connectivity index (χ1) is 11.0. The van der Waals surface area contributed by atoms with Gasteiger partial charge in [-0.05, 0) is 31.4 Å². The van der Waals surface area contributed by atoms with Crippen LogP contribution in [-0.2, 0) is 26.2 Å². The molecular formula is C15H24N2O5S. The molecule has 0 aliphatic carbocycles. The molecule has 1 fully saturated rings. The van der Waals surface area contributed by atoms with Crippen molar-refractivity contribution < 1.29 is 22.4 Å². The molecule has 0 bridgehead atoms. The average Bonchev–Trinajstić information content (AvgIpc) is 3.03. The molecule has 2 rings (SSSR count). The van der Waals surface area contributed by atoms with Gasteiger partial charge in [0.1, 0.15) is 12.4 Å². The number of nitrogens with zero attached hydrogens (tertiary/aromatic N) is 1. The van der Waals surface area contributed by atoms with Crippen molar-refractivity contribution in [3.8, 4) is 0 Å². The highest BCUT2D eigenvalue weighted by atomic mass is 32.2. The lowest BCUT2D eigenvalue weighted by atomic mass is 9.99. The largest absolute Gasteiger partial charge is 0.467 e. The summed E-state index contributed by atoms with van der Waals surface area (Å²) in [5.41, 5.74) is 0. The molecule has 8 heteroatoms. The summed E-state index contributed by atoms with van der Waals surface area (Å²) < 4.78 is 35.1. The fourth-order valence-electron chi connectivity index (χ4n) is 2.56. The molecule has 1 aromatic rings. The summed E-state index contributed by atoms with van der Waals surface area (Å²) in [7, 11) is -3.22. The smallest absolute Gasteiger partial charge is 0.224 e. The number of carbonyl (C=O) groups is 1. The van der Waals surface area contributed by atoms with Gasteiger partial charge in [0.2, 0.25) is 15.9 Å². The van der Waals surface area contributed by atoms with Crippen LogP contribution in [0.2, 0.25) is 0 Å². The molecule has 1 amide bonds. The van der Waals surface area contributed by atoms with Crippen molar-refractivity contribution in [2.75, 3.05) is 32.5 Å². The Hall–Kier alpha value is -1.38. The second-order valence-electron chi connectivity index (χ2n) is 5.74. The van der Waals surface area contributed by atoms with Gasteiger partial charge < -0.3 is 14.5 Å². The van der Waals surface area contributed by atoms with Crippen LogP contribution in [0.15, 0.2) is 22.8 Å². The second-order valence-corrected chi connectivity index (χ2v) is 7.72. The molecule has 0 aromatic carbocycles. The minimum absolute atomic E-state index is 0.0793. The van der Waals surface area contributed by atoms with E-state index in [1.807, 2.05) is 12.1 Å². The summed E-state index contributed by atoms with van der Waals surface area (Å²) in [6.07, 6.45) is 4.94. The molecule has 0 radical (unpaired) electrons. The van der Waals surface area contributed by atoms with Crippen molar-refractivity contribution in [1.82, 2.24) is 9.62 Å². The lowest BCUT2D eigenvalue weighted by Crippen LogP contribution is -2.45. The molecule has 0 spiro atoms. The monoisotopic (exact) mass is 344 g/mol. The number of sulfonamides is 1. The summed E-state index contributed by atoms with van der Waals surface area (Å²) >= 11 is 0. The van der Waals surface area contributed by atoms with Gasteiger partial charge >= 0.3 is 0 Å². The highest BCUT2D eigenvalue weighted by Crippen LogP contribution is 2.18. The van der Waals surface area contributed by atoms with Crippen molar-refractivity contribution in [2.24, 2.45) is 5.92 Å². The summed E-state index contributed by atoms with van der Waals surface area (Å²) in [6, 6.07) is 3.65. The van der Waals surface area contributed by atoms with Gasteiger partial charge in [-0.2, -0.15) is 0 Å². The molecule has 1 aliphatic heterocycles. The Kier molecular flexibility index (Phi) is 6.61. The Morgan fingerprint density at radius 1 is 1.52 bits per heavy atom. The standard InChI is InChI=1S/C15H24N2O5S/c1-23(19,20)17-8-2-5-13(11-17)15(18)16-7-4-9-21-12-14-6-3-10-22-14/h3,6,10,13H,2,4-5,7-9,11-12H2,1H3,(H,16,18)/t13-/m1/s1. The highest BCUT2D eigenvalue weighted by Gasteiger charge is 2.29. The normalized spacial score (nSPS) is 19.6. The van der Waals surface area contributed by atoms with Gasteiger partial charge in [0, 0.05) is 26.2 Å². The minimum Gasteiger partial charge on any atom is -0.467 e. The van der Waals surface area contributed by atoms with Gasteiger partial charge in [-0.3, -0.25) is 4.79 Å². The van der Waals surface area contributed by atoms with Crippen molar-refractivity contribution >= 4 is 15.9 Å². The van der Waals surface area contributed by atoms with E-state index in [0.29, 0.717) is 32.7 Å². The summed E-state index contributed by atoms with van der Waals surface area (Å²) in [5.74, 6) is 0.434. The van der Waals surface area contributed by atoms with Crippen LogP contribution in [0.25, 0.3) is 0 Å². The lowest BCUT2D eigenvalue weighted by molar-refractivity contribution is -0.126. The third-order valence-electron chi connectivity index (χ3n) is 3.81. The van der Waals surface area contributed by atoms with Crippen molar-refractivity contribution in [2.45, 2.75) is 25.9 Å². The fourth-order valence-corrected chi connectivity index (χ4v) is 3.47. The van der Waals surface area contributed by atoms with Crippen LogP contribution >= 0.6 is 0 Å². The van der Waals surface area contributed by atoms with Crippen molar-refractivity contribution in [3.05, 3.63) is 24.2 Å². The van der Waals surface area contributed by atoms with Crippen LogP contribution in [0.1, 0.15) is 25.0 Å². The van der Waals surface area contributed by atoms with Crippen LogP contribution in [0.3, 0.4) is 0 Å². The zero-order chi connectivity index (χ0) is 16.7. The summed E-state index contributed by atoms with van der Waals surface area (Å²) in [4.78, 5) is 12.1. The van der Waals surface area contributed by atoms with Crippen LogP contribution < -0.4 is 5.32 Å². The van der Waals surface area contributed by atoms with E-state index in [2.05, 4.69) is 5.32 Å². The molecule has 2 heterocycles. The molecule has 1 aliphatic rings. The van der Waals surface area contributed by atoms with Gasteiger partial charge in [0.05, 0.1) is 18.4 Å². The molecule has 0 unspecified atom stereocenters. The fraction of sp³-hybridized carbons (Fsp3) is 0.667. The van der Waals surface area contributed by atoms with Crippen LogP contribution in [-0.4, -0.2) is 51.1 Å². The number of rotatable bonds is 8. The summed E-state index contributed by atoms with van der Waals surface area (Å²) in [6.45, 7) is 2.25. The maximum atomic E-state index is 12.1. The van der Waals surface area contributed by atoms with Gasteiger partial charge in [0.25, 0.3) is 0 Å². The number of piperidine rings is 1. The average molecular weight is 344 g/mol. The first-order valence-electron chi connectivity index (χ1n) is 7.80. The first kappa shape index (κ1) is 18.0. The van der Waals surface area contributed by atoms with E-state index in [4.69, 9.17) is 9.15 Å². The van der Waals surface area contributed by atoms with E-state index in [-0.39, 0.29) is 18.4 Å². The first-order valence-corrected chi connectivity index (χ1v) is 9.64. The SMILES string of the molecule is CS(=O)(=O)N1CCC[C@@H](C(=O)NCCCOCc2ccco2)C1. The van der Waals surface area contributed by atoms with E-state index in [1.165, 1.54) is 10.6 Å². The zero-order valence-corrected chi connectivity index (χ0v) is 14.2. The van der Waals surface area contributed by atoms with Gasteiger partial charge in [0.15, 0.2) is 0 Å². The van der Waals surface area contributed by atoms with E-state index in [9.17, 15) is 13.2 Å². The second kappa shape index (κ2) is 8.47. The predicted octanol–water partition coefficient (Wildman–Crippen LogP) is 0.974. The van der Waals surface area contributed by atoms with Gasteiger partial charge in [-0.15, -0.1) is 0 Å². The number of carbonyl (C=O) groups excluding carboxylic acids is 1. The van der Waals surface area contributed by atoms with Crippen molar-refractivity contribution in [3.63, 3.8) is 0 Å². The Bertz CT molecular complexity index is 585. The van der Waals surface area contributed by atoms with E-state index < -0.39 is 10.0 Å². The maximum Gasteiger partial charge on any atom is 0.224 e. The molecule has 1 atom stereocenters. The molecule has 7 nitrogen and oxygen atoms in total. The van der Waals surface area contributed by atoms with E-state index in [0.717, 1.165) is 18.6 Å². The third kappa shape index (κ3) is 5.96. The number of hydrogen-bond acceptors (Lipinski definition) is 5. The number of hydrogen-bond donors (Lipinski definition) is 1. The maximum absolute atomic E-state index is 12.1. The van der Waals surface area contributed by atoms with Gasteiger partial charge in [-0.25, -0.2) is 12.7 Å². The Balaban J connectivity index is 1.61. The molecular weight excluding hydrogens is 320 g/mol. The molecule has 1 saturated heterocycles. The molecule has 1 N–H and O–H groups in total. The van der Waals surface area contributed by atoms with E-state index >= 15 is 0 Å². The zero-order valence-electron chi connectivity index (χ0n) is 13.4. The molecule has 23 heavy (non-hydrogen) atoms. The molecule has 130 valence electrons. The Morgan fingerprint density at radius 3 is 3.04 bits per heavy atom. The number of amides is 1. The van der Waals surface area contributed by atoms with Crippen molar-refractivity contribution in [1.29, 1.82) is 0 Å². The van der Waals surface area contributed by atoms with Crippen LogP contribution in [0, 0.1) is 5.92 Å². The third-order valence-corrected chi connectivity index (χ3v) is 5.08. The quantitative estimate of drug-likeness (QED) is 0.710. The number of ether oxygens (including phenoxy) is 1. The summed E-state index contributed by atoms with van der Waals surface area (Å²) in [5, 5.41) is 2.85.